The summed E-state index contributed by atoms with van der Waals surface area (Å²) in [6.45, 7) is 2.62. The number of methoxy groups -OCH3 is 3. The van der Waals surface area contributed by atoms with E-state index in [-0.39, 0.29) is 23.4 Å². The van der Waals surface area contributed by atoms with E-state index in [0.717, 1.165) is 11.1 Å². The van der Waals surface area contributed by atoms with Gasteiger partial charge in [0.15, 0.2) is 12.4 Å². The van der Waals surface area contributed by atoms with Gasteiger partial charge in [-0.05, 0) is 38.1 Å². The van der Waals surface area contributed by atoms with Crippen molar-refractivity contribution in [1.29, 1.82) is 0 Å². The quantitative estimate of drug-likeness (QED) is 0.235. The van der Waals surface area contributed by atoms with E-state index in [0.29, 0.717) is 0 Å². The van der Waals surface area contributed by atoms with Gasteiger partial charge in [-0.1, -0.05) is 35.4 Å². The molecule has 3 rings (SSSR count). The molecule has 0 unspecified atom stereocenters. The fraction of sp³-hybridized carbons (Fsp3) is 0.520. The minimum absolute atomic E-state index is 0.0425. The molecule has 5 atom stereocenters. The molecule has 1 saturated heterocycles. The van der Waals surface area contributed by atoms with Crippen LogP contribution in [0.3, 0.4) is 0 Å². The van der Waals surface area contributed by atoms with Crippen molar-refractivity contribution < 1.29 is 53.6 Å². The predicted molar refractivity (Wildman–Crippen MR) is 137 cm³/mol. The maximum Gasteiger partial charge on any atom is 0.297 e. The zero-order valence-corrected chi connectivity index (χ0v) is 24.0. The van der Waals surface area contributed by atoms with Crippen LogP contribution in [0.2, 0.25) is 0 Å². The Morgan fingerprint density at radius 2 is 1.18 bits per heavy atom. The average Bonchev–Trinajstić information content (AvgIpc) is 2.90. The van der Waals surface area contributed by atoms with Gasteiger partial charge in [0, 0.05) is 21.3 Å². The van der Waals surface area contributed by atoms with Crippen LogP contribution in [0.4, 0.5) is 0 Å². The molecule has 1 aliphatic rings. The van der Waals surface area contributed by atoms with Crippen LogP contribution in [-0.2, 0) is 57.0 Å². The Morgan fingerprint density at radius 3 is 1.67 bits per heavy atom. The van der Waals surface area contributed by atoms with E-state index in [1.165, 1.54) is 45.6 Å². The lowest BCUT2D eigenvalue weighted by molar-refractivity contribution is -0.315. The van der Waals surface area contributed by atoms with Crippen LogP contribution in [0.25, 0.3) is 0 Å². The highest BCUT2D eigenvalue weighted by atomic mass is 32.2. The van der Waals surface area contributed by atoms with Crippen LogP contribution in [0.1, 0.15) is 11.1 Å². The molecule has 218 valence electrons. The summed E-state index contributed by atoms with van der Waals surface area (Å²) in [6.07, 6.45) is -6.07. The fourth-order valence-corrected chi connectivity index (χ4v) is 5.82. The van der Waals surface area contributed by atoms with Crippen LogP contribution in [0, 0.1) is 13.8 Å². The van der Waals surface area contributed by atoms with Gasteiger partial charge in [-0.3, -0.25) is 8.37 Å². The smallest absolute Gasteiger partial charge is 0.297 e. The van der Waals surface area contributed by atoms with Crippen molar-refractivity contribution in [3.8, 4) is 0 Å². The highest BCUT2D eigenvalue weighted by molar-refractivity contribution is 7.87. The highest BCUT2D eigenvalue weighted by Crippen LogP contribution is 2.32. The molecule has 2 aromatic rings. The van der Waals surface area contributed by atoms with Gasteiger partial charge >= 0.3 is 0 Å². The molecular weight excluding hydrogens is 556 g/mol. The third-order valence-electron chi connectivity index (χ3n) is 5.82. The summed E-state index contributed by atoms with van der Waals surface area (Å²) in [4.78, 5) is -0.128. The molecule has 0 aromatic heterocycles. The lowest BCUT2D eigenvalue weighted by atomic mass is 9.99. The van der Waals surface area contributed by atoms with Crippen molar-refractivity contribution in [3.05, 3.63) is 59.7 Å². The average molecular weight is 591 g/mol. The molecule has 12 nitrogen and oxygen atoms in total. The number of ether oxygens (including phenoxy) is 6. The van der Waals surface area contributed by atoms with E-state index >= 15 is 0 Å². The van der Waals surface area contributed by atoms with Crippen LogP contribution < -0.4 is 0 Å². The molecule has 0 saturated carbocycles. The summed E-state index contributed by atoms with van der Waals surface area (Å²) in [5.41, 5.74) is 1.74. The van der Waals surface area contributed by atoms with Crippen molar-refractivity contribution in [2.24, 2.45) is 0 Å². The van der Waals surface area contributed by atoms with Crippen molar-refractivity contribution in [2.45, 2.75) is 54.3 Å². The summed E-state index contributed by atoms with van der Waals surface area (Å²) in [5, 5.41) is 0. The number of hydrogen-bond donors (Lipinski definition) is 0. The maximum atomic E-state index is 13.1. The van der Waals surface area contributed by atoms with Crippen LogP contribution in [0.15, 0.2) is 58.3 Å². The molecule has 1 fully saturated rings. The number of aryl methyl sites for hydroxylation is 2. The lowest BCUT2D eigenvalue weighted by Gasteiger charge is -2.44. The Kier molecular flexibility index (Phi) is 11.4. The van der Waals surface area contributed by atoms with Crippen LogP contribution in [0.5, 0.6) is 0 Å². The Bertz CT molecular complexity index is 1250. The Labute approximate surface area is 229 Å². The summed E-state index contributed by atoms with van der Waals surface area (Å²) >= 11 is 0. The summed E-state index contributed by atoms with van der Waals surface area (Å²) in [6, 6.07) is 12.2. The molecule has 1 heterocycles. The molecule has 0 radical (unpaired) electrons. The second-order valence-corrected chi connectivity index (χ2v) is 11.9. The van der Waals surface area contributed by atoms with Crippen molar-refractivity contribution in [3.63, 3.8) is 0 Å². The van der Waals surface area contributed by atoms with E-state index in [4.69, 9.17) is 36.8 Å². The standard InChI is InChI=1S/C25H34O12S2/c1-17-6-10-19(11-7-17)38(26,27)35-14-21-22(33-15-30-3)23(34-16-31-4)24(25(32-5)36-21)37-39(28,29)20-12-8-18(2)9-13-20/h6-13,21-25H,14-16H2,1-5H3/t21-,22-,23+,24-,25+/m1/s1. The van der Waals surface area contributed by atoms with Crippen LogP contribution >= 0.6 is 0 Å². The van der Waals surface area contributed by atoms with Crippen molar-refractivity contribution in [1.82, 2.24) is 0 Å². The first-order valence-electron chi connectivity index (χ1n) is 11.9. The van der Waals surface area contributed by atoms with Gasteiger partial charge in [0.1, 0.15) is 31.9 Å². The third-order valence-corrected chi connectivity index (χ3v) is 8.45. The first-order valence-corrected chi connectivity index (χ1v) is 14.7. The van der Waals surface area contributed by atoms with Gasteiger partial charge in [0.25, 0.3) is 20.2 Å². The monoisotopic (exact) mass is 590 g/mol. The van der Waals surface area contributed by atoms with Gasteiger partial charge in [0.2, 0.25) is 0 Å². The first kappa shape index (κ1) is 31.5. The molecule has 14 heteroatoms. The Hall–Kier alpha value is -1.98. The maximum absolute atomic E-state index is 13.1. The second-order valence-electron chi connectivity index (χ2n) is 8.73. The van der Waals surface area contributed by atoms with Gasteiger partial charge in [-0.15, -0.1) is 0 Å². The second kappa shape index (κ2) is 14.1. The van der Waals surface area contributed by atoms with Crippen LogP contribution in [-0.4, -0.2) is 89.1 Å². The largest absolute Gasteiger partial charge is 0.359 e. The van der Waals surface area contributed by atoms with E-state index in [9.17, 15) is 16.8 Å². The normalized spacial score (nSPS) is 24.1. The van der Waals surface area contributed by atoms with Gasteiger partial charge in [-0.25, -0.2) is 0 Å². The van der Waals surface area contributed by atoms with E-state index in [2.05, 4.69) is 0 Å². The number of benzene rings is 2. The topological polar surface area (TPSA) is 142 Å². The molecule has 39 heavy (non-hydrogen) atoms. The van der Waals surface area contributed by atoms with Crippen molar-refractivity contribution >= 4 is 20.2 Å². The molecule has 1 aliphatic heterocycles. The summed E-state index contributed by atoms with van der Waals surface area (Å²) in [7, 11) is -4.42. The predicted octanol–water partition coefficient (Wildman–Crippen LogP) is 2.13. The zero-order valence-electron chi connectivity index (χ0n) is 22.3. The molecular formula is C25H34O12S2. The third kappa shape index (κ3) is 8.27. The lowest BCUT2D eigenvalue weighted by Crippen LogP contribution is -2.62. The van der Waals surface area contributed by atoms with Crippen molar-refractivity contribution in [2.75, 3.05) is 41.5 Å². The fourth-order valence-electron chi connectivity index (χ4n) is 3.83. The molecule has 0 aliphatic carbocycles. The Balaban J connectivity index is 1.90. The molecule has 0 N–H and O–H groups in total. The number of rotatable bonds is 14. The minimum Gasteiger partial charge on any atom is -0.359 e. The number of hydrogen-bond acceptors (Lipinski definition) is 12. The molecule has 0 amide bonds. The van der Waals surface area contributed by atoms with E-state index < -0.39 is 57.5 Å². The van der Waals surface area contributed by atoms with Gasteiger partial charge in [0.05, 0.1) is 16.4 Å². The molecule has 2 aromatic carbocycles. The highest BCUT2D eigenvalue weighted by Gasteiger charge is 2.51. The van der Waals surface area contributed by atoms with E-state index in [1.54, 1.807) is 24.3 Å². The molecule has 0 spiro atoms. The summed E-state index contributed by atoms with van der Waals surface area (Å²) in [5.74, 6) is 0. The SMILES string of the molecule is COCO[C@@H]1[C@@H](OS(=O)(=O)c2ccc(C)cc2)[C@@H](OC)O[C@H](COS(=O)(=O)c2ccc(C)cc2)[C@H]1OCOC. The minimum atomic E-state index is -4.31. The van der Waals surface area contributed by atoms with Gasteiger partial charge in [-0.2, -0.15) is 16.8 Å². The zero-order chi connectivity index (χ0) is 28.6. The van der Waals surface area contributed by atoms with Gasteiger partial charge < -0.3 is 28.4 Å². The first-order chi connectivity index (χ1) is 18.5. The molecule has 0 bridgehead atoms. The Morgan fingerprint density at radius 1 is 0.692 bits per heavy atom. The van der Waals surface area contributed by atoms with E-state index in [1.807, 2.05) is 13.8 Å². The summed E-state index contributed by atoms with van der Waals surface area (Å²) < 4.78 is 95.7.